The van der Waals surface area contributed by atoms with Gasteiger partial charge in [-0.15, -0.1) is 0 Å². The van der Waals surface area contributed by atoms with E-state index in [9.17, 15) is 0 Å². The van der Waals surface area contributed by atoms with Gasteiger partial charge in [-0.25, -0.2) is 0 Å². The summed E-state index contributed by atoms with van der Waals surface area (Å²) in [5, 5.41) is 0. The van der Waals surface area contributed by atoms with Crippen LogP contribution in [0.25, 0.3) is 0 Å². The molecule has 0 amide bonds. The second-order valence-electron chi connectivity index (χ2n) is 3.59. The summed E-state index contributed by atoms with van der Waals surface area (Å²) >= 11 is 0. The Labute approximate surface area is 52.7 Å². The zero-order chi connectivity index (χ0) is 6.65. The Morgan fingerprint density at radius 2 is 1.88 bits per heavy atom. The lowest BCUT2D eigenvalue weighted by atomic mass is 9.45. The second kappa shape index (κ2) is 1.29. The minimum Gasteiger partial charge on any atom is -0.0625 e. The first-order chi connectivity index (χ1) is 4.09. The van der Waals surface area contributed by atoms with Crippen molar-refractivity contribution in [1.29, 1.82) is 0 Å². The molecule has 0 aromatic rings. The summed E-state index contributed by atoms with van der Waals surface area (Å²) in [5.41, 5.74) is 0. The minimum absolute atomic E-state index is 0.133. The molecule has 0 heterocycles. The van der Waals surface area contributed by atoms with E-state index >= 15 is 0 Å². The van der Waals surface area contributed by atoms with E-state index in [1.165, 1.54) is 12.8 Å². The van der Waals surface area contributed by atoms with Crippen LogP contribution in [0.15, 0.2) is 0 Å². The molecule has 3 aliphatic carbocycles. The molecule has 0 saturated heterocycles. The Morgan fingerprint density at radius 3 is 1.88 bits per heavy atom. The maximum absolute atomic E-state index is 7.75. The van der Waals surface area contributed by atoms with E-state index in [2.05, 4.69) is 13.8 Å². The molecule has 0 spiro atoms. The Morgan fingerprint density at radius 1 is 1.38 bits per heavy atom. The first kappa shape index (κ1) is 3.92. The van der Waals surface area contributed by atoms with Crippen LogP contribution in [0, 0.1) is 23.6 Å². The van der Waals surface area contributed by atoms with Gasteiger partial charge >= 0.3 is 0 Å². The average molecular weight is 111 g/mol. The molecular formula is C8H14. The molecule has 0 N–H and O–H groups in total. The largest absolute Gasteiger partial charge is 0.0625 e. The highest BCUT2D eigenvalue weighted by Crippen LogP contribution is 2.61. The first-order valence-corrected chi connectivity index (χ1v) is 3.59. The number of rotatable bonds is 1. The maximum atomic E-state index is 7.75. The van der Waals surface area contributed by atoms with Gasteiger partial charge in [-0.05, 0) is 36.5 Å². The first-order valence-electron chi connectivity index (χ1n) is 4.09. The lowest BCUT2D eigenvalue weighted by molar-refractivity contribution is -0.107. The smallest absolute Gasteiger partial charge is 0.0300 e. The fourth-order valence-corrected chi connectivity index (χ4v) is 2.23. The van der Waals surface area contributed by atoms with Crippen molar-refractivity contribution in [3.8, 4) is 0 Å². The van der Waals surface area contributed by atoms with Gasteiger partial charge in [0.1, 0.15) is 0 Å². The molecule has 8 heavy (non-hydrogen) atoms. The summed E-state index contributed by atoms with van der Waals surface area (Å²) in [6.45, 7) is 4.10. The van der Waals surface area contributed by atoms with Gasteiger partial charge in [-0.1, -0.05) is 13.8 Å². The summed E-state index contributed by atoms with van der Waals surface area (Å²) in [4.78, 5) is 0. The van der Waals surface area contributed by atoms with E-state index in [4.69, 9.17) is 1.37 Å². The quantitative estimate of drug-likeness (QED) is 0.487. The lowest BCUT2D eigenvalue weighted by Crippen LogP contribution is -2.52. The fourth-order valence-electron chi connectivity index (χ4n) is 2.23. The molecule has 2 bridgehead atoms. The van der Waals surface area contributed by atoms with Crippen LogP contribution >= 0.6 is 0 Å². The highest BCUT2D eigenvalue weighted by Gasteiger charge is 2.52. The van der Waals surface area contributed by atoms with Crippen LogP contribution in [0.5, 0.6) is 0 Å². The highest BCUT2D eigenvalue weighted by atomic mass is 14.6. The van der Waals surface area contributed by atoms with Crippen molar-refractivity contribution in [2.24, 2.45) is 23.6 Å². The topological polar surface area (TPSA) is 0 Å². The van der Waals surface area contributed by atoms with Crippen molar-refractivity contribution >= 4 is 0 Å². The van der Waals surface area contributed by atoms with Crippen molar-refractivity contribution in [3.63, 3.8) is 0 Å². The average Bonchev–Trinajstić information content (AvgIpc) is 1.06. The maximum Gasteiger partial charge on any atom is 0.0300 e. The van der Waals surface area contributed by atoms with E-state index < -0.39 is 0 Å². The van der Waals surface area contributed by atoms with Gasteiger partial charge < -0.3 is 0 Å². The third-order valence-corrected chi connectivity index (χ3v) is 2.89. The normalized spacial score (nSPS) is 53.8. The van der Waals surface area contributed by atoms with Gasteiger partial charge in [0.05, 0.1) is 0 Å². The van der Waals surface area contributed by atoms with Crippen LogP contribution in [-0.2, 0) is 0 Å². The van der Waals surface area contributed by atoms with E-state index in [0.717, 1.165) is 17.8 Å². The van der Waals surface area contributed by atoms with Gasteiger partial charge in [0.2, 0.25) is 0 Å². The molecule has 3 fully saturated rings. The molecule has 3 saturated carbocycles. The standard InChI is InChI=1S/C8H14/c1-5(2)8-6-3-7(8)4-6/h5-8H,3-4H2,1-2H3/i5D. The monoisotopic (exact) mass is 111 g/mol. The number of hydrogen-bond donors (Lipinski definition) is 0. The summed E-state index contributed by atoms with van der Waals surface area (Å²) < 4.78 is 7.75. The predicted octanol–water partition coefficient (Wildman–Crippen LogP) is 2.30. The Bertz CT molecular complexity index is 120. The third kappa shape index (κ3) is 0.375. The van der Waals surface area contributed by atoms with Crippen LogP contribution in [0.3, 0.4) is 0 Å². The molecule has 3 aliphatic rings. The Kier molecular flexibility index (Phi) is 0.630. The predicted molar refractivity (Wildman–Crippen MR) is 34.5 cm³/mol. The van der Waals surface area contributed by atoms with Crippen molar-refractivity contribution in [2.45, 2.75) is 26.7 Å². The van der Waals surface area contributed by atoms with Crippen LogP contribution < -0.4 is 0 Å². The summed E-state index contributed by atoms with van der Waals surface area (Å²) in [6, 6.07) is 0. The van der Waals surface area contributed by atoms with Crippen LogP contribution in [0.1, 0.15) is 28.1 Å². The van der Waals surface area contributed by atoms with Gasteiger partial charge in [-0.2, -0.15) is 0 Å². The van der Waals surface area contributed by atoms with Crippen molar-refractivity contribution in [1.82, 2.24) is 0 Å². The molecule has 0 heteroatoms. The van der Waals surface area contributed by atoms with Crippen molar-refractivity contribution < 1.29 is 1.37 Å². The minimum atomic E-state index is -0.133. The highest BCUT2D eigenvalue weighted by molar-refractivity contribution is 5.02. The summed E-state index contributed by atoms with van der Waals surface area (Å²) in [5.74, 6) is 2.52. The molecule has 0 aromatic carbocycles. The lowest BCUT2D eigenvalue weighted by Gasteiger charge is -2.60. The molecule has 3 rings (SSSR count). The Hall–Kier alpha value is 0. The van der Waals surface area contributed by atoms with Crippen molar-refractivity contribution in [3.05, 3.63) is 0 Å². The molecule has 0 aliphatic heterocycles. The summed E-state index contributed by atoms with van der Waals surface area (Å²) in [7, 11) is 0. The van der Waals surface area contributed by atoms with E-state index in [1.54, 1.807) is 0 Å². The second-order valence-corrected chi connectivity index (χ2v) is 3.59. The van der Waals surface area contributed by atoms with Gasteiger partial charge in [0.25, 0.3) is 0 Å². The van der Waals surface area contributed by atoms with Crippen LogP contribution in [-0.4, -0.2) is 0 Å². The number of hydrogen-bond acceptors (Lipinski definition) is 0. The van der Waals surface area contributed by atoms with Crippen LogP contribution in [0.2, 0.25) is 0 Å². The molecule has 0 aromatic heterocycles. The SMILES string of the molecule is [2H]C(C)(C)C1C2CC1C2. The molecule has 0 nitrogen and oxygen atoms in total. The molecular weight excluding hydrogens is 96.1 g/mol. The van der Waals surface area contributed by atoms with E-state index in [1.807, 2.05) is 0 Å². The van der Waals surface area contributed by atoms with E-state index in [-0.39, 0.29) is 5.89 Å². The zero-order valence-electron chi connectivity index (χ0n) is 6.65. The molecule has 0 atom stereocenters. The van der Waals surface area contributed by atoms with Gasteiger partial charge in [-0.3, -0.25) is 0 Å². The zero-order valence-corrected chi connectivity index (χ0v) is 5.65. The molecule has 0 unspecified atom stereocenters. The van der Waals surface area contributed by atoms with Crippen LogP contribution in [0.4, 0.5) is 0 Å². The Balaban J connectivity index is 2.02. The summed E-state index contributed by atoms with van der Waals surface area (Å²) in [6.07, 6.45) is 2.87. The molecule has 46 valence electrons. The van der Waals surface area contributed by atoms with Crippen molar-refractivity contribution in [2.75, 3.05) is 0 Å². The molecule has 0 radical (unpaired) electrons. The van der Waals surface area contributed by atoms with Gasteiger partial charge in [0, 0.05) is 1.37 Å². The van der Waals surface area contributed by atoms with Gasteiger partial charge in [0.15, 0.2) is 0 Å². The third-order valence-electron chi connectivity index (χ3n) is 2.89. The fraction of sp³-hybridized carbons (Fsp3) is 1.00. The van der Waals surface area contributed by atoms with E-state index in [0.29, 0.717) is 0 Å².